The van der Waals surface area contributed by atoms with Crippen LogP contribution in [0.1, 0.15) is 52.5 Å². The van der Waals surface area contributed by atoms with Crippen molar-refractivity contribution in [3.63, 3.8) is 0 Å². The van der Waals surface area contributed by atoms with E-state index in [1.807, 2.05) is 0 Å². The predicted molar refractivity (Wildman–Crippen MR) is 143 cm³/mol. The van der Waals surface area contributed by atoms with Crippen molar-refractivity contribution >= 4 is 40.7 Å². The molecule has 0 bridgehead atoms. The van der Waals surface area contributed by atoms with Gasteiger partial charge >= 0.3 is 17.9 Å². The number of aromatic amines is 1. The topological polar surface area (TPSA) is 158 Å². The molecule has 40 heavy (non-hydrogen) atoms. The third-order valence-electron chi connectivity index (χ3n) is 6.31. The van der Waals surface area contributed by atoms with E-state index in [9.17, 15) is 18.8 Å². The fourth-order valence-corrected chi connectivity index (χ4v) is 4.57. The number of ether oxygens (including phenoxy) is 2. The van der Waals surface area contributed by atoms with Gasteiger partial charge in [-0.25, -0.2) is 33.3 Å². The zero-order chi connectivity index (χ0) is 28.4. The normalized spacial score (nSPS) is 17.4. The van der Waals surface area contributed by atoms with Crippen molar-refractivity contribution in [2.75, 3.05) is 10.6 Å². The van der Waals surface area contributed by atoms with Crippen molar-refractivity contribution in [1.29, 1.82) is 0 Å². The number of halogens is 1. The number of nitrogens with zero attached hydrogens (tertiary/aromatic N) is 5. The van der Waals surface area contributed by atoms with Crippen LogP contribution in [0.5, 0.6) is 0 Å². The van der Waals surface area contributed by atoms with Gasteiger partial charge in [-0.3, -0.25) is 9.88 Å². The first-order chi connectivity index (χ1) is 19.1. The molecule has 0 spiro atoms. The fraction of sp³-hybridized carbons (Fsp3) is 0.385. The van der Waals surface area contributed by atoms with Crippen LogP contribution in [0.2, 0.25) is 0 Å². The van der Waals surface area contributed by atoms with E-state index in [1.165, 1.54) is 47.7 Å². The molecule has 5 rings (SSSR count). The molecule has 1 fully saturated rings. The van der Waals surface area contributed by atoms with Gasteiger partial charge in [0.25, 0.3) is 0 Å². The quantitative estimate of drug-likeness (QED) is 0.319. The number of H-pyrrole nitrogens is 1. The van der Waals surface area contributed by atoms with Crippen molar-refractivity contribution in [1.82, 2.24) is 29.1 Å². The van der Waals surface area contributed by atoms with Crippen molar-refractivity contribution in [3.8, 4) is 0 Å². The average molecular weight is 553 g/mol. The van der Waals surface area contributed by atoms with Gasteiger partial charge in [-0.05, 0) is 64.7 Å². The minimum atomic E-state index is -0.718. The van der Waals surface area contributed by atoms with E-state index < -0.39 is 23.6 Å². The van der Waals surface area contributed by atoms with Crippen LogP contribution in [0, 0.1) is 5.82 Å². The summed E-state index contributed by atoms with van der Waals surface area (Å²) in [6.07, 6.45) is 6.72. The molecule has 1 amide bonds. The smallest absolute Gasteiger partial charge is 0.419 e. The monoisotopic (exact) mass is 552 g/mol. The number of imidazole rings is 2. The number of nitrogens with one attached hydrogen (secondary N) is 3. The van der Waals surface area contributed by atoms with E-state index in [-0.39, 0.29) is 35.2 Å². The first-order valence-corrected chi connectivity index (χ1v) is 12.8. The second kappa shape index (κ2) is 10.8. The maximum atomic E-state index is 14.1. The Morgan fingerprint density at radius 2 is 1.93 bits per heavy atom. The molecule has 0 radical (unpaired) electrons. The second-order valence-corrected chi connectivity index (χ2v) is 10.5. The van der Waals surface area contributed by atoms with Crippen LogP contribution in [0.25, 0.3) is 11.2 Å². The van der Waals surface area contributed by atoms with E-state index >= 15 is 0 Å². The lowest BCUT2D eigenvalue weighted by Crippen LogP contribution is -2.30. The molecule has 13 nitrogen and oxygen atoms in total. The number of rotatable bonds is 5. The third kappa shape index (κ3) is 6.11. The summed E-state index contributed by atoms with van der Waals surface area (Å²) in [7, 11) is 0. The molecule has 210 valence electrons. The van der Waals surface area contributed by atoms with Crippen molar-refractivity contribution in [2.45, 2.75) is 64.2 Å². The Labute approximate surface area is 227 Å². The Morgan fingerprint density at radius 1 is 1.15 bits per heavy atom. The van der Waals surface area contributed by atoms with Crippen molar-refractivity contribution < 1.29 is 23.5 Å². The summed E-state index contributed by atoms with van der Waals surface area (Å²) in [6, 6.07) is 3.61. The van der Waals surface area contributed by atoms with Gasteiger partial charge in [0.2, 0.25) is 5.95 Å². The average Bonchev–Trinajstić information content (AvgIpc) is 3.53. The fourth-order valence-electron chi connectivity index (χ4n) is 4.57. The standard InChI is InChI=1S/C26H29FN8O5/c1-26(2,3)40-24(37)32-18-9-4-15(27)12-19(18)30-22-29-13-20-21(33-22)35(23(36)31-20)16-5-7-17(8-6-16)39-25(38)34-11-10-28-14-34/h4,9-14,16-17H,5-8H2,1-3H3,(H,31,36)(H,32,37)(H,29,30,33). The summed E-state index contributed by atoms with van der Waals surface area (Å²) in [5.41, 5.74) is 0.225. The Bertz CT molecular complexity index is 1580. The van der Waals surface area contributed by atoms with Crippen LogP contribution in [0.4, 0.5) is 31.3 Å². The Balaban J connectivity index is 1.33. The molecule has 0 aliphatic heterocycles. The lowest BCUT2D eigenvalue weighted by molar-refractivity contribution is 0.0634. The lowest BCUT2D eigenvalue weighted by Gasteiger charge is -2.28. The first kappa shape index (κ1) is 26.8. The molecule has 0 atom stereocenters. The Hall–Kier alpha value is -4.75. The van der Waals surface area contributed by atoms with Crippen LogP contribution >= 0.6 is 0 Å². The minimum Gasteiger partial charge on any atom is -0.446 e. The molecular weight excluding hydrogens is 523 g/mol. The highest BCUT2D eigenvalue weighted by Crippen LogP contribution is 2.32. The molecule has 0 unspecified atom stereocenters. The number of amides is 1. The lowest BCUT2D eigenvalue weighted by atomic mass is 9.93. The molecule has 0 saturated heterocycles. The van der Waals surface area contributed by atoms with Gasteiger partial charge in [0.1, 0.15) is 29.4 Å². The predicted octanol–water partition coefficient (Wildman–Crippen LogP) is 4.71. The zero-order valence-electron chi connectivity index (χ0n) is 22.2. The summed E-state index contributed by atoms with van der Waals surface area (Å²) < 4.78 is 27.8. The number of aromatic nitrogens is 6. The summed E-state index contributed by atoms with van der Waals surface area (Å²) in [4.78, 5) is 52.8. The highest BCUT2D eigenvalue weighted by molar-refractivity contribution is 5.90. The van der Waals surface area contributed by atoms with Crippen LogP contribution < -0.4 is 16.3 Å². The second-order valence-electron chi connectivity index (χ2n) is 10.5. The SMILES string of the molecule is CC(C)(C)OC(=O)Nc1ccc(F)cc1Nc1ncc2[nH]c(=O)n(C3CCC(OC(=O)n4ccnc4)CC3)c2n1. The summed E-state index contributed by atoms with van der Waals surface area (Å²) >= 11 is 0. The van der Waals surface area contributed by atoms with Gasteiger partial charge in [-0.2, -0.15) is 4.98 Å². The zero-order valence-corrected chi connectivity index (χ0v) is 22.2. The van der Waals surface area contributed by atoms with Crippen molar-refractivity contribution in [2.24, 2.45) is 0 Å². The molecule has 1 aliphatic carbocycles. The Morgan fingerprint density at radius 3 is 2.62 bits per heavy atom. The van der Waals surface area contributed by atoms with Gasteiger partial charge in [-0.1, -0.05) is 0 Å². The van der Waals surface area contributed by atoms with Gasteiger partial charge in [0.15, 0.2) is 5.65 Å². The third-order valence-corrected chi connectivity index (χ3v) is 6.31. The number of carbonyl (C=O) groups excluding carboxylic acids is 2. The number of anilines is 3. The van der Waals surface area contributed by atoms with Crippen LogP contribution in [-0.2, 0) is 9.47 Å². The molecule has 3 aromatic heterocycles. The van der Waals surface area contributed by atoms with Gasteiger partial charge < -0.3 is 19.8 Å². The maximum Gasteiger partial charge on any atom is 0.419 e. The molecular formula is C26H29FN8O5. The van der Waals surface area contributed by atoms with E-state index in [0.29, 0.717) is 36.8 Å². The molecule has 3 heterocycles. The van der Waals surface area contributed by atoms with Crippen LogP contribution in [0.15, 0.2) is 47.9 Å². The summed E-state index contributed by atoms with van der Waals surface area (Å²) in [5.74, 6) is -0.441. The van der Waals surface area contributed by atoms with E-state index in [2.05, 4.69) is 30.6 Å². The molecule has 1 saturated carbocycles. The molecule has 3 N–H and O–H groups in total. The number of hydrogen-bond donors (Lipinski definition) is 3. The van der Waals surface area contributed by atoms with Gasteiger partial charge in [0, 0.05) is 18.4 Å². The molecule has 14 heteroatoms. The van der Waals surface area contributed by atoms with Crippen LogP contribution in [-0.4, -0.2) is 53.0 Å². The number of carbonyl (C=O) groups is 2. The molecule has 1 aliphatic rings. The molecule has 1 aromatic carbocycles. The van der Waals surface area contributed by atoms with E-state index in [0.717, 1.165) is 0 Å². The summed E-state index contributed by atoms with van der Waals surface area (Å²) in [5, 5.41) is 5.53. The van der Waals surface area contributed by atoms with E-state index in [1.54, 1.807) is 25.3 Å². The molecule has 4 aromatic rings. The number of fused-ring (bicyclic) bond motifs is 1. The summed E-state index contributed by atoms with van der Waals surface area (Å²) in [6.45, 7) is 5.20. The highest BCUT2D eigenvalue weighted by atomic mass is 19.1. The van der Waals surface area contributed by atoms with Gasteiger partial charge in [-0.15, -0.1) is 0 Å². The highest BCUT2D eigenvalue weighted by Gasteiger charge is 2.28. The van der Waals surface area contributed by atoms with Crippen LogP contribution in [0.3, 0.4) is 0 Å². The number of hydrogen-bond acceptors (Lipinski definition) is 9. The number of benzene rings is 1. The van der Waals surface area contributed by atoms with Gasteiger partial charge in [0.05, 0.1) is 17.6 Å². The van der Waals surface area contributed by atoms with Crippen molar-refractivity contribution in [3.05, 3.63) is 59.4 Å². The maximum absolute atomic E-state index is 14.1. The minimum absolute atomic E-state index is 0.0982. The Kier molecular flexibility index (Phi) is 7.24. The first-order valence-electron chi connectivity index (χ1n) is 12.8. The largest absolute Gasteiger partial charge is 0.446 e. The van der Waals surface area contributed by atoms with E-state index in [4.69, 9.17) is 9.47 Å².